The summed E-state index contributed by atoms with van der Waals surface area (Å²) >= 11 is 8.12. The predicted molar refractivity (Wildman–Crippen MR) is 66.2 cm³/mol. The first-order valence-corrected chi connectivity index (χ1v) is 6.85. The standard InChI is InChI=1S/C9H9Br2NO2S/c10-6-3-5(7(11)15-6)8(14)12-9(4-13)1-2-9/h3,13H,1-2,4H2,(H,12,14). The van der Waals surface area contributed by atoms with E-state index < -0.39 is 0 Å². The van der Waals surface area contributed by atoms with E-state index in [9.17, 15) is 4.79 Å². The molecule has 0 spiro atoms. The maximum Gasteiger partial charge on any atom is 0.253 e. The molecule has 1 aromatic rings. The third-order valence-corrected chi connectivity index (χ3v) is 4.78. The Hall–Kier alpha value is 0.0900. The molecule has 0 atom stereocenters. The number of amides is 1. The number of carbonyl (C=O) groups is 1. The summed E-state index contributed by atoms with van der Waals surface area (Å²) in [6.07, 6.45) is 1.72. The first kappa shape index (κ1) is 11.6. The number of nitrogens with one attached hydrogen (secondary N) is 1. The summed E-state index contributed by atoms with van der Waals surface area (Å²) in [5, 5.41) is 11.9. The fraction of sp³-hybridized carbons (Fsp3) is 0.444. The molecule has 1 heterocycles. The quantitative estimate of drug-likeness (QED) is 0.876. The van der Waals surface area contributed by atoms with Crippen LogP contribution in [0.3, 0.4) is 0 Å². The van der Waals surface area contributed by atoms with Crippen LogP contribution in [0.1, 0.15) is 23.2 Å². The van der Waals surface area contributed by atoms with E-state index in [0.29, 0.717) is 5.56 Å². The summed E-state index contributed by atoms with van der Waals surface area (Å²) < 4.78 is 1.72. The second kappa shape index (κ2) is 4.16. The van der Waals surface area contributed by atoms with Crippen LogP contribution in [0.25, 0.3) is 0 Å². The van der Waals surface area contributed by atoms with Gasteiger partial charge in [-0.1, -0.05) is 0 Å². The molecule has 2 N–H and O–H groups in total. The number of carbonyl (C=O) groups excluding carboxylic acids is 1. The van der Waals surface area contributed by atoms with Gasteiger partial charge < -0.3 is 10.4 Å². The third-order valence-electron chi connectivity index (χ3n) is 2.44. The number of hydrogen-bond donors (Lipinski definition) is 2. The molecule has 0 saturated heterocycles. The van der Waals surface area contributed by atoms with Crippen molar-refractivity contribution in [3.8, 4) is 0 Å². The lowest BCUT2D eigenvalue weighted by atomic mass is 10.2. The molecule has 0 bridgehead atoms. The van der Waals surface area contributed by atoms with E-state index in [2.05, 4.69) is 37.2 Å². The van der Waals surface area contributed by atoms with E-state index in [1.165, 1.54) is 11.3 Å². The van der Waals surface area contributed by atoms with Gasteiger partial charge in [0.1, 0.15) is 0 Å². The van der Waals surface area contributed by atoms with Gasteiger partial charge in [-0.2, -0.15) is 0 Å². The average molecular weight is 355 g/mol. The minimum absolute atomic E-state index is 0.0155. The van der Waals surface area contributed by atoms with Crippen LogP contribution in [0.5, 0.6) is 0 Å². The highest BCUT2D eigenvalue weighted by Crippen LogP contribution is 2.36. The molecular formula is C9H9Br2NO2S. The molecule has 15 heavy (non-hydrogen) atoms. The summed E-state index contributed by atoms with van der Waals surface area (Å²) in [6.45, 7) is 0.0155. The van der Waals surface area contributed by atoms with Crippen LogP contribution >= 0.6 is 43.2 Å². The normalized spacial score (nSPS) is 17.5. The molecule has 82 valence electrons. The van der Waals surface area contributed by atoms with E-state index in [-0.39, 0.29) is 18.1 Å². The van der Waals surface area contributed by atoms with Gasteiger partial charge in [-0.05, 0) is 50.8 Å². The molecule has 1 aliphatic rings. The van der Waals surface area contributed by atoms with Crippen molar-refractivity contribution < 1.29 is 9.90 Å². The molecule has 1 saturated carbocycles. The van der Waals surface area contributed by atoms with Crippen LogP contribution in [0.4, 0.5) is 0 Å². The Bertz CT molecular complexity index is 401. The molecule has 0 aliphatic heterocycles. The van der Waals surface area contributed by atoms with Gasteiger partial charge in [-0.3, -0.25) is 4.79 Å². The van der Waals surface area contributed by atoms with E-state index >= 15 is 0 Å². The van der Waals surface area contributed by atoms with E-state index in [1.807, 2.05) is 0 Å². The number of halogens is 2. The minimum atomic E-state index is -0.356. The van der Waals surface area contributed by atoms with Gasteiger partial charge in [-0.15, -0.1) is 11.3 Å². The van der Waals surface area contributed by atoms with Crippen LogP contribution in [0.15, 0.2) is 13.6 Å². The number of rotatable bonds is 3. The highest BCUT2D eigenvalue weighted by Gasteiger charge is 2.43. The molecule has 2 rings (SSSR count). The number of aliphatic hydroxyl groups is 1. The van der Waals surface area contributed by atoms with Gasteiger partial charge in [0.05, 0.1) is 25.3 Å². The summed E-state index contributed by atoms with van der Waals surface area (Å²) in [7, 11) is 0. The molecule has 1 amide bonds. The highest BCUT2D eigenvalue weighted by molar-refractivity contribution is 9.12. The molecule has 3 nitrogen and oxygen atoms in total. The van der Waals surface area contributed by atoms with Crippen LogP contribution in [0.2, 0.25) is 0 Å². The summed E-state index contributed by atoms with van der Waals surface area (Å²) in [4.78, 5) is 11.8. The number of thiophene rings is 1. The largest absolute Gasteiger partial charge is 0.394 e. The van der Waals surface area contributed by atoms with Crippen LogP contribution < -0.4 is 5.32 Å². The molecule has 1 fully saturated rings. The van der Waals surface area contributed by atoms with Crippen molar-refractivity contribution >= 4 is 49.1 Å². The average Bonchev–Trinajstić information content (AvgIpc) is 2.86. The lowest BCUT2D eigenvalue weighted by molar-refractivity contribution is 0.0906. The Morgan fingerprint density at radius 2 is 2.27 bits per heavy atom. The van der Waals surface area contributed by atoms with Crippen molar-refractivity contribution in [2.24, 2.45) is 0 Å². The zero-order valence-corrected chi connectivity index (χ0v) is 11.7. The predicted octanol–water partition coefficient (Wildman–Crippen LogP) is 2.53. The molecule has 1 aliphatic carbocycles. The van der Waals surface area contributed by atoms with Crippen LogP contribution in [0, 0.1) is 0 Å². The summed E-state index contributed by atoms with van der Waals surface area (Å²) in [5.74, 6) is -0.129. The zero-order chi connectivity index (χ0) is 11.1. The lowest BCUT2D eigenvalue weighted by Gasteiger charge is -2.13. The van der Waals surface area contributed by atoms with Crippen LogP contribution in [-0.4, -0.2) is 23.2 Å². The number of aliphatic hydroxyl groups excluding tert-OH is 1. The lowest BCUT2D eigenvalue weighted by Crippen LogP contribution is -2.39. The Labute approximate surface area is 108 Å². The van der Waals surface area contributed by atoms with Gasteiger partial charge in [-0.25, -0.2) is 0 Å². The van der Waals surface area contributed by atoms with Gasteiger partial charge >= 0.3 is 0 Å². The minimum Gasteiger partial charge on any atom is -0.394 e. The molecule has 1 aromatic heterocycles. The summed E-state index contributed by atoms with van der Waals surface area (Å²) in [5.41, 5.74) is 0.261. The molecular weight excluding hydrogens is 346 g/mol. The van der Waals surface area contributed by atoms with E-state index in [1.54, 1.807) is 6.07 Å². The van der Waals surface area contributed by atoms with Crippen molar-refractivity contribution in [2.45, 2.75) is 18.4 Å². The fourth-order valence-electron chi connectivity index (χ4n) is 1.28. The SMILES string of the molecule is O=C(NC1(CO)CC1)c1cc(Br)sc1Br. The topological polar surface area (TPSA) is 49.3 Å². The second-order valence-corrected chi connectivity index (χ2v) is 7.38. The van der Waals surface area contributed by atoms with E-state index in [4.69, 9.17) is 5.11 Å². The van der Waals surface area contributed by atoms with Crippen molar-refractivity contribution in [1.29, 1.82) is 0 Å². The van der Waals surface area contributed by atoms with Gasteiger partial charge in [0.15, 0.2) is 0 Å². The van der Waals surface area contributed by atoms with Crippen molar-refractivity contribution in [3.63, 3.8) is 0 Å². The maximum absolute atomic E-state index is 11.8. The third kappa shape index (κ3) is 2.43. The Morgan fingerprint density at radius 1 is 1.60 bits per heavy atom. The van der Waals surface area contributed by atoms with Gasteiger partial charge in [0, 0.05) is 0 Å². The van der Waals surface area contributed by atoms with Crippen LogP contribution in [-0.2, 0) is 0 Å². The van der Waals surface area contributed by atoms with Crippen molar-refractivity contribution in [2.75, 3.05) is 6.61 Å². The van der Waals surface area contributed by atoms with Gasteiger partial charge in [0.2, 0.25) is 0 Å². The molecule has 0 unspecified atom stereocenters. The van der Waals surface area contributed by atoms with Crippen molar-refractivity contribution in [1.82, 2.24) is 5.32 Å². The first-order chi connectivity index (χ1) is 7.06. The monoisotopic (exact) mass is 353 g/mol. The Balaban J connectivity index is 2.11. The van der Waals surface area contributed by atoms with Crippen molar-refractivity contribution in [3.05, 3.63) is 19.2 Å². The summed E-state index contributed by atoms with van der Waals surface area (Å²) in [6, 6.07) is 1.78. The number of hydrogen-bond acceptors (Lipinski definition) is 3. The van der Waals surface area contributed by atoms with Gasteiger partial charge in [0.25, 0.3) is 5.91 Å². The molecule has 6 heteroatoms. The molecule has 0 aromatic carbocycles. The smallest absolute Gasteiger partial charge is 0.253 e. The second-order valence-electron chi connectivity index (χ2n) is 3.63. The zero-order valence-electron chi connectivity index (χ0n) is 7.72. The molecule has 0 radical (unpaired) electrons. The fourth-order valence-corrected chi connectivity index (χ4v) is 4.07. The Morgan fingerprint density at radius 3 is 2.67 bits per heavy atom. The first-order valence-electron chi connectivity index (χ1n) is 4.44. The Kier molecular flexibility index (Phi) is 3.21. The van der Waals surface area contributed by atoms with E-state index in [0.717, 1.165) is 20.4 Å². The maximum atomic E-state index is 11.8. The highest BCUT2D eigenvalue weighted by atomic mass is 79.9.